The molecule has 0 amide bonds. The lowest BCUT2D eigenvalue weighted by molar-refractivity contribution is 0.940. The third-order valence-corrected chi connectivity index (χ3v) is 0.772. The van der Waals surface area contributed by atoms with Gasteiger partial charge in [-0.05, 0) is 0 Å². The first-order valence-corrected chi connectivity index (χ1v) is 2.78. The van der Waals surface area contributed by atoms with Crippen LogP contribution in [0.4, 0.5) is 0 Å². The monoisotopic (exact) mass is 137 g/mol. The van der Waals surface area contributed by atoms with Crippen molar-refractivity contribution >= 4 is 12.4 Å². The Kier molecular flexibility index (Phi) is 2.88. The summed E-state index contributed by atoms with van der Waals surface area (Å²) >= 11 is 0. The van der Waals surface area contributed by atoms with Crippen molar-refractivity contribution in [2.75, 3.05) is 6.67 Å². The highest BCUT2D eigenvalue weighted by Crippen LogP contribution is 1.72. The maximum Gasteiger partial charge on any atom is 0.129 e. The van der Waals surface area contributed by atoms with E-state index >= 15 is 0 Å². The molecule has 0 aliphatic carbocycles. The molecule has 2 heterocycles. The number of aromatic nitrogens is 3. The van der Waals surface area contributed by atoms with Gasteiger partial charge in [0.1, 0.15) is 6.67 Å². The van der Waals surface area contributed by atoms with Gasteiger partial charge in [-0.2, -0.15) is 15.4 Å². The average molecular weight is 137 g/mol. The number of H-pyrrole nitrogens is 1. The Morgan fingerprint density at radius 2 is 1.60 bits per heavy atom. The van der Waals surface area contributed by atoms with Crippen LogP contribution in [0.5, 0.6) is 0 Å². The normalized spacial score (nSPS) is 12.8. The summed E-state index contributed by atoms with van der Waals surface area (Å²) < 4.78 is 0. The Morgan fingerprint density at radius 3 is 1.80 bits per heavy atom. The van der Waals surface area contributed by atoms with E-state index in [4.69, 9.17) is 0 Å². The molecule has 0 fully saturated rings. The zero-order valence-corrected chi connectivity index (χ0v) is 5.31. The van der Waals surface area contributed by atoms with Crippen LogP contribution in [-0.4, -0.2) is 34.5 Å². The quantitative estimate of drug-likeness (QED) is 0.542. The van der Waals surface area contributed by atoms with Crippen molar-refractivity contribution in [2.45, 2.75) is 0 Å². The topological polar surface area (TPSA) is 66.3 Å². The van der Waals surface area contributed by atoms with Crippen LogP contribution in [0.3, 0.4) is 0 Å². The Labute approximate surface area is 57.9 Å². The number of aromatic amines is 1. The molecule has 1 aromatic rings. The van der Waals surface area contributed by atoms with E-state index in [2.05, 4.69) is 25.4 Å². The molecule has 0 spiro atoms. The summed E-state index contributed by atoms with van der Waals surface area (Å²) in [7, 11) is 0. The molecule has 0 unspecified atom stereocenters. The zero-order valence-electron chi connectivity index (χ0n) is 5.31. The van der Waals surface area contributed by atoms with Crippen LogP contribution in [0.25, 0.3) is 0 Å². The van der Waals surface area contributed by atoms with Gasteiger partial charge in [-0.15, -0.1) is 0 Å². The number of nitrogens with one attached hydrogen (secondary N) is 1. The first-order chi connectivity index (χ1) is 5.00. The van der Waals surface area contributed by atoms with Gasteiger partial charge in [0.05, 0.1) is 12.4 Å². The van der Waals surface area contributed by atoms with E-state index in [1.54, 1.807) is 24.8 Å². The second-order valence-corrected chi connectivity index (χ2v) is 1.46. The fourth-order valence-electron chi connectivity index (χ4n) is 0.402. The number of hydrogen-bond donors (Lipinski definition) is 1. The standard InChI is InChI=1S/C3H4N2.C2H3N3/c1-2-5-3-4-1;1-2-4-5-3-1/h1-2H,3H2;1-2H,(H,3,4,5). The summed E-state index contributed by atoms with van der Waals surface area (Å²) in [6.07, 6.45) is 6.56. The van der Waals surface area contributed by atoms with Gasteiger partial charge in [0.15, 0.2) is 0 Å². The summed E-state index contributed by atoms with van der Waals surface area (Å²) in [5.41, 5.74) is 0. The largest absolute Gasteiger partial charge is 0.268 e. The van der Waals surface area contributed by atoms with E-state index in [0.717, 1.165) is 0 Å². The molecule has 0 aromatic carbocycles. The molecule has 0 saturated carbocycles. The summed E-state index contributed by atoms with van der Waals surface area (Å²) in [6.45, 7) is 0.639. The molecule has 0 atom stereocenters. The molecule has 5 heteroatoms. The van der Waals surface area contributed by atoms with Crippen molar-refractivity contribution in [1.29, 1.82) is 0 Å². The lowest BCUT2D eigenvalue weighted by Gasteiger charge is -1.61. The van der Waals surface area contributed by atoms with Crippen LogP contribution in [0.15, 0.2) is 22.4 Å². The second kappa shape index (κ2) is 4.37. The molecule has 2 rings (SSSR count). The second-order valence-electron chi connectivity index (χ2n) is 1.46. The van der Waals surface area contributed by atoms with Gasteiger partial charge >= 0.3 is 0 Å². The molecule has 0 saturated heterocycles. The summed E-state index contributed by atoms with van der Waals surface area (Å²) in [5, 5.41) is 9.33. The van der Waals surface area contributed by atoms with Crippen LogP contribution < -0.4 is 0 Å². The van der Waals surface area contributed by atoms with Gasteiger partial charge in [0, 0.05) is 12.4 Å². The fourth-order valence-corrected chi connectivity index (χ4v) is 0.402. The number of nitrogens with zero attached hydrogens (tertiary/aromatic N) is 4. The van der Waals surface area contributed by atoms with Crippen molar-refractivity contribution in [1.82, 2.24) is 15.4 Å². The molecular weight excluding hydrogens is 130 g/mol. The first kappa shape index (κ1) is 6.60. The van der Waals surface area contributed by atoms with E-state index in [0.29, 0.717) is 6.67 Å². The minimum atomic E-state index is 0.639. The van der Waals surface area contributed by atoms with E-state index in [-0.39, 0.29) is 0 Å². The van der Waals surface area contributed by atoms with Crippen LogP contribution in [0.2, 0.25) is 0 Å². The Hall–Kier alpha value is -1.52. The molecule has 1 aliphatic heterocycles. The first-order valence-electron chi connectivity index (χ1n) is 2.78. The van der Waals surface area contributed by atoms with Crippen LogP contribution >= 0.6 is 0 Å². The lowest BCUT2D eigenvalue weighted by Crippen LogP contribution is -1.61. The van der Waals surface area contributed by atoms with E-state index < -0.39 is 0 Å². The fraction of sp³-hybridized carbons (Fsp3) is 0.200. The zero-order chi connectivity index (χ0) is 7.07. The number of hydrogen-bond acceptors (Lipinski definition) is 4. The lowest BCUT2D eigenvalue weighted by atomic mass is 10.9. The molecule has 1 aromatic heterocycles. The highest BCUT2D eigenvalue weighted by Gasteiger charge is 1.72. The highest BCUT2D eigenvalue weighted by atomic mass is 15.3. The predicted octanol–water partition coefficient (Wildman–Crippen LogP) is -0.0962. The van der Waals surface area contributed by atoms with Crippen molar-refractivity contribution in [3.63, 3.8) is 0 Å². The van der Waals surface area contributed by atoms with Gasteiger partial charge in [-0.25, -0.2) is 0 Å². The third kappa shape index (κ3) is 2.71. The van der Waals surface area contributed by atoms with Gasteiger partial charge in [-0.1, -0.05) is 0 Å². The van der Waals surface area contributed by atoms with E-state index in [1.165, 1.54) is 0 Å². The van der Waals surface area contributed by atoms with Crippen molar-refractivity contribution in [3.05, 3.63) is 12.4 Å². The van der Waals surface area contributed by atoms with Gasteiger partial charge in [-0.3, -0.25) is 9.98 Å². The minimum Gasteiger partial charge on any atom is -0.268 e. The smallest absolute Gasteiger partial charge is 0.129 e. The van der Waals surface area contributed by atoms with Crippen molar-refractivity contribution < 1.29 is 0 Å². The van der Waals surface area contributed by atoms with Crippen molar-refractivity contribution in [3.8, 4) is 0 Å². The van der Waals surface area contributed by atoms with Gasteiger partial charge < -0.3 is 0 Å². The molecule has 5 nitrogen and oxygen atoms in total. The molecule has 52 valence electrons. The van der Waals surface area contributed by atoms with E-state index in [1.807, 2.05) is 0 Å². The summed E-state index contributed by atoms with van der Waals surface area (Å²) in [5.74, 6) is 0. The maximum absolute atomic E-state index is 3.74. The van der Waals surface area contributed by atoms with Crippen LogP contribution in [-0.2, 0) is 0 Å². The van der Waals surface area contributed by atoms with Gasteiger partial charge in [0.25, 0.3) is 0 Å². The van der Waals surface area contributed by atoms with Crippen LogP contribution in [0, 0.1) is 0 Å². The number of rotatable bonds is 0. The maximum atomic E-state index is 3.74. The Balaban J connectivity index is 0.0000001000. The predicted molar refractivity (Wildman–Crippen MR) is 38.2 cm³/mol. The summed E-state index contributed by atoms with van der Waals surface area (Å²) in [4.78, 5) is 7.47. The minimum absolute atomic E-state index is 0.639. The van der Waals surface area contributed by atoms with Gasteiger partial charge in [0.2, 0.25) is 0 Å². The molecule has 1 aliphatic rings. The molecule has 1 N–H and O–H groups in total. The average Bonchev–Trinajstić information content (AvgIpc) is 2.67. The molecule has 10 heavy (non-hydrogen) atoms. The number of aliphatic imine (C=N–C) groups is 2. The summed E-state index contributed by atoms with van der Waals surface area (Å²) in [6, 6.07) is 0. The Morgan fingerprint density at radius 1 is 1.00 bits per heavy atom. The van der Waals surface area contributed by atoms with E-state index in [9.17, 15) is 0 Å². The third-order valence-electron chi connectivity index (χ3n) is 0.772. The molecular formula is C5H7N5. The van der Waals surface area contributed by atoms with Crippen LogP contribution in [0.1, 0.15) is 0 Å². The highest BCUT2D eigenvalue weighted by molar-refractivity contribution is 6.17. The molecule has 0 radical (unpaired) electrons. The Bertz CT molecular complexity index is 173. The van der Waals surface area contributed by atoms with Crippen molar-refractivity contribution in [2.24, 2.45) is 9.98 Å². The molecule has 0 bridgehead atoms. The SMILES string of the molecule is C1=NCN=C1.c1cn[nH]n1.